The fourth-order valence-electron chi connectivity index (χ4n) is 0. The summed E-state index contributed by atoms with van der Waals surface area (Å²) in [5, 5.41) is 0. The van der Waals surface area contributed by atoms with Gasteiger partial charge in [0.25, 0.3) is 0 Å². The molecule has 0 amide bonds. The summed E-state index contributed by atoms with van der Waals surface area (Å²) in [5.41, 5.74) is 0. The quantitative estimate of drug-likeness (QED) is 0.257. The van der Waals surface area contributed by atoms with Crippen molar-refractivity contribution < 1.29 is 0 Å². The zero-order valence-electron chi connectivity index (χ0n) is 1.73. The molecule has 0 rings (SSSR count). The van der Waals surface area contributed by atoms with Crippen LogP contribution in [0.25, 0.3) is 0 Å². The van der Waals surface area contributed by atoms with Gasteiger partial charge in [0.2, 0.25) is 0 Å². The Morgan fingerprint density at radius 3 is 1.00 bits per heavy atom. The standard InChI is InChI=1S/Bi.In.Sb.HTe.8H/h;;;1H;;;;;;;;. The molecule has 0 unspecified atom stereocenters. The topological polar surface area (TPSA) is 0 Å². The summed E-state index contributed by atoms with van der Waals surface area (Å²) in [4.78, 5) is 0. The monoisotopic (exact) mass is 584 g/mol. The summed E-state index contributed by atoms with van der Waals surface area (Å²) >= 11 is 0. The van der Waals surface area contributed by atoms with Crippen molar-refractivity contribution in [3.05, 3.63) is 0 Å². The van der Waals surface area contributed by atoms with E-state index >= 15 is 0 Å². The van der Waals surface area contributed by atoms with Gasteiger partial charge in [-0.3, -0.25) is 0 Å². The van der Waals surface area contributed by atoms with Crippen LogP contribution in [0, 0.1) is 0 Å². The van der Waals surface area contributed by atoms with Crippen LogP contribution in [0.5, 0.6) is 0 Å². The van der Waals surface area contributed by atoms with E-state index in [0.29, 0.717) is 0 Å². The second-order valence-corrected chi connectivity index (χ2v) is 0. The van der Waals surface area contributed by atoms with Gasteiger partial charge in [-0.25, -0.2) is 0 Å². The molecule has 4 heteroatoms. The van der Waals surface area contributed by atoms with Crippen molar-refractivity contribution in [1.82, 2.24) is 0 Å². The first kappa shape index (κ1) is 26.4. The fraction of sp³-hybridized carbons (Fsp3) is 0. The molecular weight excluding hydrogens is 573 g/mol. The van der Waals surface area contributed by atoms with Gasteiger partial charge in [-0.15, -0.1) is 0 Å². The number of hydrogen-bond donors (Lipinski definition) is 0. The van der Waals surface area contributed by atoms with E-state index in [9.17, 15) is 0 Å². The molecule has 0 fully saturated rings. The molecule has 0 spiro atoms. The molecule has 0 saturated carbocycles. The van der Waals surface area contributed by atoms with E-state index < -0.39 is 0 Å². The summed E-state index contributed by atoms with van der Waals surface area (Å²) < 4.78 is 0. The normalized spacial score (nSPS) is 0. The van der Waals surface area contributed by atoms with Crippen molar-refractivity contribution in [2.45, 2.75) is 0 Å². The van der Waals surface area contributed by atoms with E-state index in [1.165, 1.54) is 0 Å². The molecule has 0 bridgehead atoms. The summed E-state index contributed by atoms with van der Waals surface area (Å²) in [5.74, 6) is 0. The van der Waals surface area contributed by atoms with Crippen molar-refractivity contribution in [1.29, 1.82) is 0 Å². The number of rotatable bonds is 0. The van der Waals surface area contributed by atoms with E-state index in [2.05, 4.69) is 0 Å². The average Bonchev–Trinajstić information content (AvgIpc) is 0. The molecule has 0 nitrogen and oxygen atoms in total. The van der Waals surface area contributed by atoms with Crippen molar-refractivity contribution >= 4 is 100 Å². The van der Waals surface area contributed by atoms with Gasteiger partial charge in [0.05, 0.1) is 0 Å². The molecule has 2 radical (unpaired) electrons. The molecule has 0 atom stereocenters. The zero-order valence-corrected chi connectivity index (χ0v) is 13.1. The second-order valence-electron chi connectivity index (χ2n) is 0. The number of hydrogen-bond acceptors (Lipinski definition) is 0. The first-order valence-electron chi connectivity index (χ1n) is 0. The van der Waals surface area contributed by atoms with Crippen molar-refractivity contribution in [2.75, 3.05) is 0 Å². The molecule has 0 aromatic carbocycles. The van der Waals surface area contributed by atoms with E-state index in [0.717, 1.165) is 0 Å². The third kappa shape index (κ3) is 9.03. The van der Waals surface area contributed by atoms with Crippen LogP contribution in [-0.2, 0) is 0 Å². The molecule has 0 N–H and O–H groups in total. The van der Waals surface area contributed by atoms with E-state index in [1.54, 1.807) is 0 Å². The van der Waals surface area contributed by atoms with Gasteiger partial charge in [-0.1, -0.05) is 0 Å². The molecule has 0 aliphatic rings. The van der Waals surface area contributed by atoms with Gasteiger partial charge < -0.3 is 0 Å². The molecule has 0 saturated heterocycles. The van der Waals surface area contributed by atoms with Gasteiger partial charge in [0, 0.05) is 0 Å². The predicted octanol–water partition coefficient (Wildman–Crippen LogP) is -3.93. The van der Waals surface area contributed by atoms with Crippen LogP contribution in [0.15, 0.2) is 0 Å². The molecule has 0 aliphatic heterocycles. The van der Waals surface area contributed by atoms with Crippen LogP contribution in [0.3, 0.4) is 0 Å². The summed E-state index contributed by atoms with van der Waals surface area (Å²) in [7, 11) is 0. The van der Waals surface area contributed by atoms with Gasteiger partial charge in [-0.2, -0.15) is 0 Å². The first-order chi connectivity index (χ1) is 0. The average molecular weight is 582 g/mol. The summed E-state index contributed by atoms with van der Waals surface area (Å²) in [6.07, 6.45) is 0. The first-order valence-corrected chi connectivity index (χ1v) is 0. The minimum atomic E-state index is 0. The Labute approximate surface area is 97.9 Å². The van der Waals surface area contributed by atoms with E-state index in [4.69, 9.17) is 0 Å². The minimum absolute atomic E-state index is 0. The predicted molar refractivity (Wildman–Crippen MR) is 35.6 cm³/mol. The summed E-state index contributed by atoms with van der Waals surface area (Å²) in [6.45, 7) is 0. The molecule has 4 heavy (non-hydrogen) atoms. The molecule has 0 aromatic rings. The maximum atomic E-state index is 0. The van der Waals surface area contributed by atoms with Crippen LogP contribution in [0.4, 0.5) is 0 Å². The van der Waals surface area contributed by atoms with Gasteiger partial charge in [-0.05, 0) is 0 Å². The Hall–Kier alpha value is 3.36. The van der Waals surface area contributed by atoms with Gasteiger partial charge in [0.15, 0.2) is 0 Å². The Morgan fingerprint density at radius 2 is 1.00 bits per heavy atom. The Bertz CT molecular complexity index is 8.00. The molecule has 28 valence electrons. The molecule has 0 aromatic heterocycles. The second kappa shape index (κ2) is 16.2. The Kier molecular flexibility index (Phi) is 107. The van der Waals surface area contributed by atoms with Crippen LogP contribution < -0.4 is 0 Å². The van der Waals surface area contributed by atoms with Crippen molar-refractivity contribution in [3.63, 3.8) is 0 Å². The molecule has 0 aliphatic carbocycles. The zero-order chi connectivity index (χ0) is 0. The Balaban J connectivity index is 0. The SMILES string of the molecule is [BiH3].[InH3].[SbH2].[TeH]. The van der Waals surface area contributed by atoms with Crippen molar-refractivity contribution in [2.24, 2.45) is 0 Å². The third-order valence-electron chi connectivity index (χ3n) is 0. The van der Waals surface area contributed by atoms with Gasteiger partial charge >= 0.3 is 100 Å². The van der Waals surface area contributed by atoms with Crippen LogP contribution in [0.1, 0.15) is 0 Å². The van der Waals surface area contributed by atoms with Crippen LogP contribution >= 0.6 is 0 Å². The van der Waals surface area contributed by atoms with Crippen LogP contribution in [-0.4, -0.2) is 100 Å². The maximum absolute atomic E-state index is 0. The summed E-state index contributed by atoms with van der Waals surface area (Å²) in [6, 6.07) is 0. The molecule has 0 heterocycles. The van der Waals surface area contributed by atoms with Crippen LogP contribution in [0.2, 0.25) is 0 Å². The van der Waals surface area contributed by atoms with E-state index in [-0.39, 0.29) is 100 Å². The van der Waals surface area contributed by atoms with Crippen molar-refractivity contribution in [3.8, 4) is 0 Å². The Morgan fingerprint density at radius 1 is 1.00 bits per heavy atom. The van der Waals surface area contributed by atoms with Gasteiger partial charge in [0.1, 0.15) is 0 Å². The third-order valence-corrected chi connectivity index (χ3v) is 0. The molecular formula is H9BiInSbTe. The van der Waals surface area contributed by atoms with E-state index in [1.807, 2.05) is 0 Å². The fourth-order valence-corrected chi connectivity index (χ4v) is 0.